The summed E-state index contributed by atoms with van der Waals surface area (Å²) in [6, 6.07) is 9.15. The summed E-state index contributed by atoms with van der Waals surface area (Å²) >= 11 is 9.47. The highest BCUT2D eigenvalue weighted by molar-refractivity contribution is 9.10. The molecule has 2 aromatic rings. The van der Waals surface area contributed by atoms with Crippen LogP contribution >= 0.6 is 27.5 Å². The summed E-state index contributed by atoms with van der Waals surface area (Å²) in [6.45, 7) is 1.91. The summed E-state index contributed by atoms with van der Waals surface area (Å²) in [5.41, 5.74) is 1.51. The lowest BCUT2D eigenvalue weighted by Gasteiger charge is -2.15. The Bertz CT molecular complexity index is 609. The predicted octanol–water partition coefficient (Wildman–Crippen LogP) is 3.93. The maximum atomic E-state index is 12.2. The molecule has 0 bridgehead atoms. The molecule has 0 aliphatic carbocycles. The van der Waals surface area contributed by atoms with Crippen molar-refractivity contribution in [1.82, 2.24) is 9.88 Å². The summed E-state index contributed by atoms with van der Waals surface area (Å²) in [6.07, 6.45) is 1.84. The van der Waals surface area contributed by atoms with Crippen LogP contribution in [-0.2, 0) is 7.05 Å². The molecule has 1 unspecified atom stereocenters. The first-order valence-electron chi connectivity index (χ1n) is 5.86. The van der Waals surface area contributed by atoms with Gasteiger partial charge in [-0.05, 0) is 40.5 Å². The zero-order chi connectivity index (χ0) is 14.0. The fraction of sp³-hybridized carbons (Fsp3) is 0.214. The molecule has 2 rings (SSSR count). The summed E-state index contributed by atoms with van der Waals surface area (Å²) in [5.74, 6) is -0.124. The lowest BCUT2D eigenvalue weighted by atomic mass is 10.1. The second-order valence-corrected chi connectivity index (χ2v) is 5.69. The number of halogens is 2. The normalized spacial score (nSPS) is 12.2. The number of nitrogens with zero attached hydrogens (tertiary/aromatic N) is 1. The molecule has 0 fully saturated rings. The largest absolute Gasteiger partial charge is 0.345 e. The van der Waals surface area contributed by atoms with Crippen LogP contribution in [0.25, 0.3) is 0 Å². The first kappa shape index (κ1) is 14.2. The molecule has 0 saturated heterocycles. The maximum Gasteiger partial charge on any atom is 0.268 e. The van der Waals surface area contributed by atoms with E-state index in [1.807, 2.05) is 44.4 Å². The number of aryl methyl sites for hydroxylation is 1. The molecule has 0 aliphatic rings. The third kappa shape index (κ3) is 3.19. The molecule has 0 spiro atoms. The molecular weight excluding hydrogens is 328 g/mol. The van der Waals surface area contributed by atoms with Crippen LogP contribution in [0.15, 0.2) is 41.0 Å². The summed E-state index contributed by atoms with van der Waals surface area (Å²) in [4.78, 5) is 12.2. The van der Waals surface area contributed by atoms with E-state index in [0.29, 0.717) is 10.7 Å². The Morgan fingerprint density at radius 2 is 2.11 bits per heavy atom. The third-order valence-electron chi connectivity index (χ3n) is 2.92. The van der Waals surface area contributed by atoms with Crippen molar-refractivity contribution in [2.75, 3.05) is 0 Å². The monoisotopic (exact) mass is 340 g/mol. The molecule has 1 aromatic heterocycles. The van der Waals surface area contributed by atoms with Crippen molar-refractivity contribution < 1.29 is 4.79 Å². The number of carbonyl (C=O) groups is 1. The lowest BCUT2D eigenvalue weighted by Crippen LogP contribution is -2.28. The van der Waals surface area contributed by atoms with Gasteiger partial charge in [-0.1, -0.05) is 29.8 Å². The van der Waals surface area contributed by atoms with E-state index in [0.717, 1.165) is 10.0 Å². The van der Waals surface area contributed by atoms with Crippen LogP contribution in [-0.4, -0.2) is 10.5 Å². The highest BCUT2D eigenvalue weighted by Crippen LogP contribution is 2.22. The van der Waals surface area contributed by atoms with Gasteiger partial charge in [-0.15, -0.1) is 0 Å². The molecule has 1 amide bonds. The molecule has 0 aliphatic heterocycles. The van der Waals surface area contributed by atoms with Gasteiger partial charge in [-0.3, -0.25) is 4.79 Å². The van der Waals surface area contributed by atoms with E-state index in [9.17, 15) is 4.79 Å². The number of hydrogen-bond acceptors (Lipinski definition) is 1. The summed E-state index contributed by atoms with van der Waals surface area (Å²) in [7, 11) is 1.83. The first-order valence-corrected chi connectivity index (χ1v) is 7.03. The van der Waals surface area contributed by atoms with Gasteiger partial charge in [0.2, 0.25) is 0 Å². The Morgan fingerprint density at radius 3 is 2.68 bits per heavy atom. The Balaban J connectivity index is 2.15. The Labute approximate surface area is 125 Å². The van der Waals surface area contributed by atoms with E-state index >= 15 is 0 Å². The van der Waals surface area contributed by atoms with Gasteiger partial charge in [0.1, 0.15) is 5.69 Å². The fourth-order valence-corrected chi connectivity index (χ4v) is 2.75. The molecular formula is C14H14BrClN2O. The molecule has 1 N–H and O–H groups in total. The third-order valence-corrected chi connectivity index (χ3v) is 3.70. The molecule has 0 radical (unpaired) electrons. The van der Waals surface area contributed by atoms with Crippen LogP contribution in [0, 0.1) is 0 Å². The van der Waals surface area contributed by atoms with E-state index in [4.69, 9.17) is 11.6 Å². The van der Waals surface area contributed by atoms with Crippen molar-refractivity contribution in [3.63, 3.8) is 0 Å². The lowest BCUT2D eigenvalue weighted by molar-refractivity contribution is 0.0931. The Kier molecular flexibility index (Phi) is 4.32. The van der Waals surface area contributed by atoms with Crippen LogP contribution in [0.1, 0.15) is 29.0 Å². The van der Waals surface area contributed by atoms with Crippen molar-refractivity contribution in [2.45, 2.75) is 13.0 Å². The molecule has 1 heterocycles. The van der Waals surface area contributed by atoms with E-state index in [2.05, 4.69) is 21.2 Å². The Hall–Kier alpha value is -1.26. The molecule has 0 saturated carbocycles. The minimum Gasteiger partial charge on any atom is -0.345 e. The summed E-state index contributed by atoms with van der Waals surface area (Å²) in [5, 5.41) is 3.60. The van der Waals surface area contributed by atoms with Gasteiger partial charge in [0.25, 0.3) is 5.91 Å². The maximum absolute atomic E-state index is 12.2. The zero-order valence-electron chi connectivity index (χ0n) is 10.7. The molecule has 19 heavy (non-hydrogen) atoms. The van der Waals surface area contributed by atoms with Gasteiger partial charge in [0, 0.05) is 22.7 Å². The van der Waals surface area contributed by atoms with Crippen LogP contribution in [0.4, 0.5) is 0 Å². The van der Waals surface area contributed by atoms with Gasteiger partial charge in [0.15, 0.2) is 0 Å². The predicted molar refractivity (Wildman–Crippen MR) is 80.4 cm³/mol. The van der Waals surface area contributed by atoms with Gasteiger partial charge in [-0.25, -0.2) is 0 Å². The van der Waals surface area contributed by atoms with E-state index in [1.165, 1.54) is 0 Å². The molecule has 100 valence electrons. The van der Waals surface area contributed by atoms with E-state index in [1.54, 1.807) is 10.6 Å². The number of benzene rings is 1. The number of carbonyl (C=O) groups excluding carboxylic acids is 1. The number of aromatic nitrogens is 1. The van der Waals surface area contributed by atoms with Crippen molar-refractivity contribution >= 4 is 33.4 Å². The van der Waals surface area contributed by atoms with Gasteiger partial charge in [0.05, 0.1) is 6.04 Å². The van der Waals surface area contributed by atoms with Crippen molar-refractivity contribution in [1.29, 1.82) is 0 Å². The second kappa shape index (κ2) is 5.80. The van der Waals surface area contributed by atoms with Crippen molar-refractivity contribution in [3.8, 4) is 0 Å². The Morgan fingerprint density at radius 1 is 1.42 bits per heavy atom. The molecule has 1 atom stereocenters. The molecule has 3 nitrogen and oxygen atoms in total. The second-order valence-electron chi connectivity index (χ2n) is 4.37. The first-order chi connectivity index (χ1) is 8.99. The average molecular weight is 342 g/mol. The fourth-order valence-electron chi connectivity index (χ4n) is 1.92. The van der Waals surface area contributed by atoms with E-state index < -0.39 is 0 Å². The number of nitrogens with one attached hydrogen (secondary N) is 1. The minimum absolute atomic E-state index is 0.124. The summed E-state index contributed by atoms with van der Waals surface area (Å²) < 4.78 is 2.66. The standard InChI is InChI=1S/C14H14BrClN2O/c1-9(11-5-3-4-6-12(11)16)17-14(19)13-7-10(15)8-18(13)2/h3-9H,1-2H3,(H,17,19). The van der Waals surface area contributed by atoms with E-state index in [-0.39, 0.29) is 11.9 Å². The number of hydrogen-bond donors (Lipinski definition) is 1. The molecule has 5 heteroatoms. The minimum atomic E-state index is -0.144. The van der Waals surface area contributed by atoms with Gasteiger partial charge >= 0.3 is 0 Å². The van der Waals surface area contributed by atoms with Crippen LogP contribution in [0.3, 0.4) is 0 Å². The zero-order valence-corrected chi connectivity index (χ0v) is 13.0. The molecule has 1 aromatic carbocycles. The topological polar surface area (TPSA) is 34.0 Å². The van der Waals surface area contributed by atoms with Crippen LogP contribution in [0.5, 0.6) is 0 Å². The number of amides is 1. The average Bonchev–Trinajstić information content (AvgIpc) is 2.69. The highest BCUT2D eigenvalue weighted by Gasteiger charge is 2.16. The van der Waals surface area contributed by atoms with Crippen LogP contribution in [0.2, 0.25) is 5.02 Å². The van der Waals surface area contributed by atoms with Gasteiger partial charge < -0.3 is 9.88 Å². The SMILES string of the molecule is CC(NC(=O)c1cc(Br)cn1C)c1ccccc1Cl. The van der Waals surface area contributed by atoms with Gasteiger partial charge in [-0.2, -0.15) is 0 Å². The van der Waals surface area contributed by atoms with Crippen molar-refractivity contribution in [3.05, 3.63) is 57.3 Å². The highest BCUT2D eigenvalue weighted by atomic mass is 79.9. The van der Waals surface area contributed by atoms with Crippen molar-refractivity contribution in [2.24, 2.45) is 7.05 Å². The smallest absolute Gasteiger partial charge is 0.268 e. The quantitative estimate of drug-likeness (QED) is 0.901. The van der Waals surface area contributed by atoms with Crippen LogP contribution < -0.4 is 5.32 Å². The number of rotatable bonds is 3.